The number of hydrogen-bond donors (Lipinski definition) is 1. The van der Waals surface area contributed by atoms with Gasteiger partial charge < -0.3 is 5.32 Å². The molecule has 0 aliphatic carbocycles. The molecule has 0 saturated heterocycles. The number of halogens is 3. The van der Waals surface area contributed by atoms with Crippen molar-refractivity contribution in [3.05, 3.63) is 70.2 Å². The number of carbonyl (C=O) groups excluding carboxylic acids is 1. The lowest BCUT2D eigenvalue weighted by molar-refractivity contribution is 0.0936. The maximum absolute atomic E-state index is 13.6. The van der Waals surface area contributed by atoms with Crippen molar-refractivity contribution in [3.63, 3.8) is 0 Å². The van der Waals surface area contributed by atoms with E-state index in [-0.39, 0.29) is 16.4 Å². The molecule has 0 aliphatic heterocycles. The summed E-state index contributed by atoms with van der Waals surface area (Å²) < 4.78 is 26.4. The van der Waals surface area contributed by atoms with E-state index in [4.69, 9.17) is 11.6 Å². The van der Waals surface area contributed by atoms with E-state index in [1.807, 2.05) is 0 Å². The van der Waals surface area contributed by atoms with Crippen molar-refractivity contribution in [2.24, 2.45) is 0 Å². The molecule has 1 N–H and O–H groups in total. The third-order valence-electron chi connectivity index (χ3n) is 2.91. The van der Waals surface area contributed by atoms with Crippen LogP contribution in [0.1, 0.15) is 28.9 Å². The molecule has 1 atom stereocenters. The zero-order valence-electron chi connectivity index (χ0n) is 10.7. The highest BCUT2D eigenvalue weighted by Crippen LogP contribution is 2.20. The Hall–Kier alpha value is -1.94. The van der Waals surface area contributed by atoms with E-state index in [0.29, 0.717) is 5.56 Å². The number of carbonyl (C=O) groups is 1. The lowest BCUT2D eigenvalue weighted by Crippen LogP contribution is -2.27. The van der Waals surface area contributed by atoms with Crippen LogP contribution >= 0.6 is 11.6 Å². The van der Waals surface area contributed by atoms with Crippen LogP contribution in [0.25, 0.3) is 0 Å². The summed E-state index contributed by atoms with van der Waals surface area (Å²) in [6.45, 7) is 1.72. The first-order chi connectivity index (χ1) is 9.49. The van der Waals surface area contributed by atoms with Crippen molar-refractivity contribution in [3.8, 4) is 0 Å². The second kappa shape index (κ2) is 6.01. The summed E-state index contributed by atoms with van der Waals surface area (Å²) >= 11 is 5.82. The molecule has 2 rings (SSSR count). The van der Waals surface area contributed by atoms with Crippen LogP contribution in [-0.2, 0) is 0 Å². The Morgan fingerprint density at radius 1 is 1.15 bits per heavy atom. The minimum absolute atomic E-state index is 0.0498. The molecule has 0 saturated carbocycles. The average Bonchev–Trinajstić information content (AvgIpc) is 2.39. The monoisotopic (exact) mass is 295 g/mol. The Labute approximate surface area is 120 Å². The van der Waals surface area contributed by atoms with Crippen LogP contribution in [0.2, 0.25) is 5.02 Å². The highest BCUT2D eigenvalue weighted by molar-refractivity contribution is 6.33. The summed E-state index contributed by atoms with van der Waals surface area (Å²) in [6.07, 6.45) is 0. The van der Waals surface area contributed by atoms with Gasteiger partial charge in [0.2, 0.25) is 0 Å². The van der Waals surface area contributed by atoms with Crippen LogP contribution in [0.4, 0.5) is 8.78 Å². The molecule has 2 aromatic rings. The fourth-order valence-electron chi connectivity index (χ4n) is 1.82. The van der Waals surface area contributed by atoms with Crippen LogP contribution in [-0.4, -0.2) is 5.91 Å². The summed E-state index contributed by atoms with van der Waals surface area (Å²) in [5, 5.41) is 2.68. The van der Waals surface area contributed by atoms with E-state index in [1.165, 1.54) is 30.3 Å². The fourth-order valence-corrected chi connectivity index (χ4v) is 2.07. The van der Waals surface area contributed by atoms with Gasteiger partial charge in [0.1, 0.15) is 11.6 Å². The van der Waals surface area contributed by atoms with Gasteiger partial charge in [0.25, 0.3) is 5.91 Å². The Morgan fingerprint density at radius 2 is 1.80 bits per heavy atom. The molecule has 2 nitrogen and oxygen atoms in total. The zero-order valence-corrected chi connectivity index (χ0v) is 11.4. The summed E-state index contributed by atoms with van der Waals surface area (Å²) in [4.78, 5) is 12.0. The Balaban J connectivity index is 2.17. The zero-order chi connectivity index (χ0) is 14.7. The van der Waals surface area contributed by atoms with Crippen LogP contribution in [0.5, 0.6) is 0 Å². The molecule has 0 aliphatic rings. The molecular weight excluding hydrogens is 284 g/mol. The maximum Gasteiger partial charge on any atom is 0.256 e. The van der Waals surface area contributed by atoms with Crippen LogP contribution < -0.4 is 5.32 Å². The minimum atomic E-state index is -0.679. The molecule has 0 unspecified atom stereocenters. The van der Waals surface area contributed by atoms with Gasteiger partial charge in [-0.2, -0.15) is 0 Å². The van der Waals surface area contributed by atoms with Gasteiger partial charge in [-0.3, -0.25) is 4.79 Å². The Morgan fingerprint density at radius 3 is 2.40 bits per heavy atom. The number of rotatable bonds is 3. The number of benzene rings is 2. The molecule has 0 spiro atoms. The molecule has 20 heavy (non-hydrogen) atoms. The van der Waals surface area contributed by atoms with Gasteiger partial charge >= 0.3 is 0 Å². The van der Waals surface area contributed by atoms with E-state index in [2.05, 4.69) is 5.32 Å². The molecule has 0 heterocycles. The van der Waals surface area contributed by atoms with E-state index < -0.39 is 17.8 Å². The standard InChI is InChI=1S/C15H12ClF2NO/c1-9(10-5-7-11(17)8-6-10)19-15(20)14-12(16)3-2-4-13(14)18/h2-9H,1H3,(H,19,20)/t9-/m1/s1. The first-order valence-corrected chi connectivity index (χ1v) is 6.37. The molecule has 0 bridgehead atoms. The maximum atomic E-state index is 13.6. The number of nitrogens with one attached hydrogen (secondary N) is 1. The summed E-state index contributed by atoms with van der Waals surface area (Å²) in [6, 6.07) is 9.37. The highest BCUT2D eigenvalue weighted by atomic mass is 35.5. The normalized spacial score (nSPS) is 12.0. The predicted octanol–water partition coefficient (Wildman–Crippen LogP) is 4.11. The van der Waals surface area contributed by atoms with Crippen molar-refractivity contribution in [2.45, 2.75) is 13.0 Å². The molecule has 0 radical (unpaired) electrons. The van der Waals surface area contributed by atoms with Gasteiger partial charge in [-0.1, -0.05) is 29.8 Å². The van der Waals surface area contributed by atoms with E-state index >= 15 is 0 Å². The fraction of sp³-hybridized carbons (Fsp3) is 0.133. The summed E-state index contributed by atoms with van der Waals surface area (Å²) in [5.41, 5.74) is 0.523. The van der Waals surface area contributed by atoms with Gasteiger partial charge in [-0.15, -0.1) is 0 Å². The molecule has 0 aromatic heterocycles. The van der Waals surface area contributed by atoms with E-state index in [0.717, 1.165) is 0 Å². The molecule has 104 valence electrons. The first kappa shape index (κ1) is 14.5. The lowest BCUT2D eigenvalue weighted by atomic mass is 10.1. The van der Waals surface area contributed by atoms with Gasteiger partial charge in [-0.25, -0.2) is 8.78 Å². The third kappa shape index (κ3) is 3.14. The van der Waals surface area contributed by atoms with Gasteiger partial charge in [0.15, 0.2) is 0 Å². The van der Waals surface area contributed by atoms with Crippen molar-refractivity contribution < 1.29 is 13.6 Å². The smallest absolute Gasteiger partial charge is 0.256 e. The third-order valence-corrected chi connectivity index (χ3v) is 3.22. The second-order valence-electron chi connectivity index (χ2n) is 4.34. The second-order valence-corrected chi connectivity index (χ2v) is 4.75. The molecule has 0 fully saturated rings. The van der Waals surface area contributed by atoms with Gasteiger partial charge in [0.05, 0.1) is 16.6 Å². The van der Waals surface area contributed by atoms with Crippen molar-refractivity contribution in [1.29, 1.82) is 0 Å². The van der Waals surface area contributed by atoms with Crippen molar-refractivity contribution in [1.82, 2.24) is 5.32 Å². The molecule has 2 aromatic carbocycles. The Kier molecular flexibility index (Phi) is 4.35. The molecular formula is C15H12ClF2NO. The molecule has 5 heteroatoms. The van der Waals surface area contributed by atoms with Crippen molar-refractivity contribution >= 4 is 17.5 Å². The number of hydrogen-bond acceptors (Lipinski definition) is 1. The SMILES string of the molecule is C[C@@H](NC(=O)c1c(F)cccc1Cl)c1ccc(F)cc1. The van der Waals surface area contributed by atoms with Crippen LogP contribution in [0.15, 0.2) is 42.5 Å². The predicted molar refractivity (Wildman–Crippen MR) is 73.7 cm³/mol. The quantitative estimate of drug-likeness (QED) is 0.907. The molecule has 1 amide bonds. The summed E-state index contributed by atoms with van der Waals surface area (Å²) in [5.74, 6) is -1.64. The largest absolute Gasteiger partial charge is 0.345 e. The number of amides is 1. The highest BCUT2D eigenvalue weighted by Gasteiger charge is 2.18. The van der Waals surface area contributed by atoms with Gasteiger partial charge in [-0.05, 0) is 36.8 Å². The Bertz CT molecular complexity index is 608. The average molecular weight is 296 g/mol. The summed E-state index contributed by atoms with van der Waals surface area (Å²) in [7, 11) is 0. The van der Waals surface area contributed by atoms with Crippen molar-refractivity contribution in [2.75, 3.05) is 0 Å². The first-order valence-electron chi connectivity index (χ1n) is 5.99. The minimum Gasteiger partial charge on any atom is -0.345 e. The van der Waals surface area contributed by atoms with Crippen LogP contribution in [0, 0.1) is 11.6 Å². The van der Waals surface area contributed by atoms with E-state index in [1.54, 1.807) is 19.1 Å². The van der Waals surface area contributed by atoms with E-state index in [9.17, 15) is 13.6 Å². The van der Waals surface area contributed by atoms with Crippen LogP contribution in [0.3, 0.4) is 0 Å². The van der Waals surface area contributed by atoms with Gasteiger partial charge in [0, 0.05) is 0 Å². The lowest BCUT2D eigenvalue weighted by Gasteiger charge is -2.15. The topological polar surface area (TPSA) is 29.1 Å².